The van der Waals surface area contributed by atoms with Crippen LogP contribution >= 0.6 is 47.8 Å². The average molecular weight is 464 g/mol. The van der Waals surface area contributed by atoms with E-state index in [4.69, 9.17) is 4.74 Å². The molecule has 0 aliphatic heterocycles. The Kier molecular flexibility index (Phi) is 5.23. The molecule has 2 rings (SSSR count). The van der Waals surface area contributed by atoms with Crippen LogP contribution in [0.4, 0.5) is 5.69 Å². The average Bonchev–Trinajstić information content (AvgIpc) is 2.41. The Balaban J connectivity index is 2.28. The molecule has 0 unspecified atom stereocenters. The number of hydrogen-bond acceptors (Lipinski definition) is 2. The highest BCUT2D eigenvalue weighted by Gasteiger charge is 2.11. The van der Waals surface area contributed by atoms with Crippen LogP contribution in [-0.2, 0) is 0 Å². The van der Waals surface area contributed by atoms with E-state index in [9.17, 15) is 4.79 Å². The van der Waals surface area contributed by atoms with Crippen molar-refractivity contribution in [2.24, 2.45) is 0 Å². The van der Waals surface area contributed by atoms with Gasteiger partial charge in [-0.25, -0.2) is 0 Å². The van der Waals surface area contributed by atoms with Crippen LogP contribution in [0.25, 0.3) is 0 Å². The van der Waals surface area contributed by atoms with Gasteiger partial charge in [0, 0.05) is 20.6 Å². The number of nitrogens with one attached hydrogen (secondary N) is 1. The molecule has 0 atom stereocenters. The third-order valence-corrected chi connectivity index (χ3v) is 4.35. The molecule has 0 aliphatic rings. The first-order valence-electron chi connectivity index (χ1n) is 5.61. The van der Waals surface area contributed by atoms with Crippen molar-refractivity contribution in [3.05, 3.63) is 55.4 Å². The summed E-state index contributed by atoms with van der Waals surface area (Å²) in [5.74, 6) is 0.467. The number of halogens is 3. The van der Waals surface area contributed by atoms with Crippen LogP contribution in [0.3, 0.4) is 0 Å². The Hall–Kier alpha value is -0.850. The topological polar surface area (TPSA) is 38.3 Å². The maximum atomic E-state index is 12.2. The maximum Gasteiger partial charge on any atom is 0.255 e. The number of rotatable bonds is 3. The summed E-state index contributed by atoms with van der Waals surface area (Å²) in [4.78, 5) is 12.2. The van der Waals surface area contributed by atoms with E-state index in [0.29, 0.717) is 17.0 Å². The summed E-state index contributed by atoms with van der Waals surface area (Å²) in [7, 11) is 1.58. The van der Waals surface area contributed by atoms with Crippen molar-refractivity contribution in [1.29, 1.82) is 0 Å². The lowest BCUT2D eigenvalue weighted by atomic mass is 10.2. The Morgan fingerprint density at radius 3 is 2.50 bits per heavy atom. The fourth-order valence-corrected chi connectivity index (χ4v) is 3.26. The van der Waals surface area contributed by atoms with Crippen LogP contribution in [-0.4, -0.2) is 13.0 Å². The first-order valence-corrected chi connectivity index (χ1v) is 7.99. The predicted octanol–water partition coefficient (Wildman–Crippen LogP) is 5.24. The van der Waals surface area contributed by atoms with Gasteiger partial charge < -0.3 is 10.1 Å². The molecule has 0 saturated heterocycles. The number of anilines is 1. The van der Waals surface area contributed by atoms with Gasteiger partial charge in [0.05, 0.1) is 17.3 Å². The summed E-state index contributed by atoms with van der Waals surface area (Å²) in [5.41, 5.74) is 1.23. The van der Waals surface area contributed by atoms with Crippen LogP contribution in [0.2, 0.25) is 0 Å². The molecule has 104 valence electrons. The number of hydrogen-bond donors (Lipinski definition) is 1. The largest absolute Gasteiger partial charge is 0.495 e. The minimum absolute atomic E-state index is 0.184. The van der Waals surface area contributed by atoms with Crippen LogP contribution in [0.15, 0.2) is 49.8 Å². The molecule has 0 saturated carbocycles. The molecule has 0 aromatic heterocycles. The van der Waals surface area contributed by atoms with Gasteiger partial charge in [0.1, 0.15) is 5.75 Å². The summed E-state index contributed by atoms with van der Waals surface area (Å²) in [6.45, 7) is 0. The van der Waals surface area contributed by atoms with Crippen LogP contribution in [0, 0.1) is 0 Å². The smallest absolute Gasteiger partial charge is 0.255 e. The highest BCUT2D eigenvalue weighted by atomic mass is 79.9. The van der Waals surface area contributed by atoms with E-state index >= 15 is 0 Å². The van der Waals surface area contributed by atoms with E-state index in [1.807, 2.05) is 18.2 Å². The second kappa shape index (κ2) is 6.74. The fourth-order valence-electron chi connectivity index (χ4n) is 1.61. The molecular weight excluding hydrogens is 454 g/mol. The zero-order valence-electron chi connectivity index (χ0n) is 10.4. The number of carbonyl (C=O) groups is 1. The molecule has 0 bridgehead atoms. The van der Waals surface area contributed by atoms with Gasteiger partial charge >= 0.3 is 0 Å². The molecule has 0 heterocycles. The monoisotopic (exact) mass is 461 g/mol. The van der Waals surface area contributed by atoms with E-state index in [1.54, 1.807) is 25.3 Å². The van der Waals surface area contributed by atoms with Crippen molar-refractivity contribution in [3.63, 3.8) is 0 Å². The Bertz CT molecular complexity index is 659. The molecule has 3 nitrogen and oxygen atoms in total. The fraction of sp³-hybridized carbons (Fsp3) is 0.0714. The van der Waals surface area contributed by atoms with Crippen molar-refractivity contribution in [2.75, 3.05) is 12.4 Å². The third-order valence-electron chi connectivity index (χ3n) is 2.58. The molecule has 0 aliphatic carbocycles. The predicted molar refractivity (Wildman–Crippen MR) is 90.5 cm³/mol. The van der Waals surface area contributed by atoms with Crippen LogP contribution in [0.1, 0.15) is 10.4 Å². The molecular formula is C14H10Br3NO2. The van der Waals surface area contributed by atoms with E-state index in [2.05, 4.69) is 53.1 Å². The molecule has 20 heavy (non-hydrogen) atoms. The quantitative estimate of drug-likeness (QED) is 0.676. The Morgan fingerprint density at radius 2 is 1.85 bits per heavy atom. The highest BCUT2D eigenvalue weighted by Crippen LogP contribution is 2.34. The third kappa shape index (κ3) is 3.62. The van der Waals surface area contributed by atoms with Gasteiger partial charge in [0.15, 0.2) is 0 Å². The lowest BCUT2D eigenvalue weighted by Crippen LogP contribution is -2.12. The lowest BCUT2D eigenvalue weighted by Gasteiger charge is -2.11. The van der Waals surface area contributed by atoms with Gasteiger partial charge in [-0.2, -0.15) is 0 Å². The Morgan fingerprint density at radius 1 is 1.10 bits per heavy atom. The van der Waals surface area contributed by atoms with Gasteiger partial charge in [-0.05, 0) is 56.1 Å². The van der Waals surface area contributed by atoms with Crippen molar-refractivity contribution in [3.8, 4) is 5.75 Å². The van der Waals surface area contributed by atoms with E-state index < -0.39 is 0 Å². The van der Waals surface area contributed by atoms with Crippen molar-refractivity contribution >= 4 is 59.4 Å². The molecule has 0 spiro atoms. The van der Waals surface area contributed by atoms with Crippen LogP contribution < -0.4 is 10.1 Å². The van der Waals surface area contributed by atoms with E-state index in [0.717, 1.165) is 13.4 Å². The van der Waals surface area contributed by atoms with E-state index in [1.165, 1.54) is 0 Å². The first kappa shape index (κ1) is 15.5. The van der Waals surface area contributed by atoms with Gasteiger partial charge in [0.25, 0.3) is 5.91 Å². The van der Waals surface area contributed by atoms with Crippen molar-refractivity contribution < 1.29 is 9.53 Å². The summed E-state index contributed by atoms with van der Waals surface area (Å²) < 4.78 is 7.66. The van der Waals surface area contributed by atoms with Crippen molar-refractivity contribution in [1.82, 2.24) is 0 Å². The van der Waals surface area contributed by atoms with Gasteiger partial charge in [-0.1, -0.05) is 22.0 Å². The number of ether oxygens (including phenoxy) is 1. The number of benzene rings is 2. The molecule has 6 heteroatoms. The van der Waals surface area contributed by atoms with Gasteiger partial charge in [-0.3, -0.25) is 4.79 Å². The standard InChI is InChI=1S/C14H10Br3NO2/c1-20-13-7-12(10(16)6-11(13)17)18-14(19)8-3-2-4-9(15)5-8/h2-7H,1H3,(H,18,19). The zero-order chi connectivity index (χ0) is 14.7. The highest BCUT2D eigenvalue weighted by molar-refractivity contribution is 9.11. The zero-order valence-corrected chi connectivity index (χ0v) is 15.2. The summed E-state index contributed by atoms with van der Waals surface area (Å²) in [6, 6.07) is 10.8. The summed E-state index contributed by atoms with van der Waals surface area (Å²) in [5, 5.41) is 2.85. The second-order valence-corrected chi connectivity index (χ2v) is 6.56. The molecule has 2 aromatic rings. The number of amides is 1. The van der Waals surface area contributed by atoms with E-state index in [-0.39, 0.29) is 5.91 Å². The normalized spacial score (nSPS) is 10.2. The maximum absolute atomic E-state index is 12.2. The first-order chi connectivity index (χ1) is 9.51. The Labute approximate surface area is 142 Å². The summed E-state index contributed by atoms with van der Waals surface area (Å²) in [6.07, 6.45) is 0. The molecule has 0 radical (unpaired) electrons. The molecule has 1 N–H and O–H groups in total. The molecule has 1 amide bonds. The SMILES string of the molecule is COc1cc(NC(=O)c2cccc(Br)c2)c(Br)cc1Br. The van der Waals surface area contributed by atoms with Crippen LogP contribution in [0.5, 0.6) is 5.75 Å². The number of methoxy groups -OCH3 is 1. The van der Waals surface area contributed by atoms with Crippen molar-refractivity contribution in [2.45, 2.75) is 0 Å². The minimum Gasteiger partial charge on any atom is -0.495 e. The molecule has 2 aromatic carbocycles. The molecule has 0 fully saturated rings. The van der Waals surface area contributed by atoms with Gasteiger partial charge in [-0.15, -0.1) is 0 Å². The second-order valence-electron chi connectivity index (χ2n) is 3.93. The van der Waals surface area contributed by atoms with Gasteiger partial charge in [0.2, 0.25) is 0 Å². The minimum atomic E-state index is -0.184. The summed E-state index contributed by atoms with van der Waals surface area (Å²) >= 11 is 10.2. The number of carbonyl (C=O) groups excluding carboxylic acids is 1. The lowest BCUT2D eigenvalue weighted by molar-refractivity contribution is 0.102.